The Morgan fingerprint density at radius 2 is 2.00 bits per heavy atom. The third-order valence-corrected chi connectivity index (χ3v) is 2.96. The van der Waals surface area contributed by atoms with Gasteiger partial charge in [-0.2, -0.15) is 0 Å². The van der Waals surface area contributed by atoms with Crippen LogP contribution < -0.4 is 0 Å². The lowest BCUT2D eigenvalue weighted by Gasteiger charge is -2.13. The standard InChI is InChI=1S/C7H16FNO2S/c1-7(8)5-4-6-9(2)12(3,10)11/h7H,4-6H2,1-3H3/t7-/m1/s1. The van der Waals surface area contributed by atoms with Gasteiger partial charge in [0.2, 0.25) is 10.0 Å². The molecule has 0 rings (SSSR count). The highest BCUT2D eigenvalue weighted by atomic mass is 32.2. The third-order valence-electron chi connectivity index (χ3n) is 1.64. The van der Waals surface area contributed by atoms with Crippen LogP contribution in [0.4, 0.5) is 4.39 Å². The van der Waals surface area contributed by atoms with Gasteiger partial charge in [-0.1, -0.05) is 0 Å². The lowest BCUT2D eigenvalue weighted by atomic mass is 10.2. The van der Waals surface area contributed by atoms with Gasteiger partial charge in [-0.25, -0.2) is 17.1 Å². The Hall–Kier alpha value is -0.160. The lowest BCUT2D eigenvalue weighted by Crippen LogP contribution is -2.26. The van der Waals surface area contributed by atoms with E-state index in [2.05, 4.69) is 0 Å². The number of nitrogens with zero attached hydrogens (tertiary/aromatic N) is 1. The molecule has 0 N–H and O–H groups in total. The number of hydrogen-bond acceptors (Lipinski definition) is 2. The number of alkyl halides is 1. The topological polar surface area (TPSA) is 37.4 Å². The number of sulfonamides is 1. The molecule has 1 atom stereocenters. The molecule has 0 saturated carbocycles. The van der Waals surface area contributed by atoms with Crippen LogP contribution in [0.25, 0.3) is 0 Å². The van der Waals surface area contributed by atoms with Crippen LogP contribution in [0.15, 0.2) is 0 Å². The van der Waals surface area contributed by atoms with E-state index in [0.29, 0.717) is 19.4 Å². The molecule has 0 heterocycles. The fourth-order valence-corrected chi connectivity index (χ4v) is 1.22. The van der Waals surface area contributed by atoms with Crippen molar-refractivity contribution in [1.82, 2.24) is 4.31 Å². The molecule has 5 heteroatoms. The second-order valence-electron chi connectivity index (χ2n) is 3.01. The van der Waals surface area contributed by atoms with Crippen LogP contribution in [-0.4, -0.2) is 38.7 Å². The van der Waals surface area contributed by atoms with Crippen molar-refractivity contribution in [3.8, 4) is 0 Å². The Morgan fingerprint density at radius 3 is 2.33 bits per heavy atom. The van der Waals surface area contributed by atoms with E-state index in [4.69, 9.17) is 0 Å². The predicted octanol–water partition coefficient (Wildman–Crippen LogP) is 1.02. The number of halogens is 1. The largest absolute Gasteiger partial charge is 0.248 e. The fraction of sp³-hybridized carbons (Fsp3) is 1.00. The molecular formula is C7H16FNO2S. The zero-order valence-electron chi connectivity index (χ0n) is 7.75. The van der Waals surface area contributed by atoms with Crippen molar-refractivity contribution in [2.75, 3.05) is 19.8 Å². The predicted molar refractivity (Wildman–Crippen MR) is 47.3 cm³/mol. The highest BCUT2D eigenvalue weighted by Crippen LogP contribution is 2.03. The molecule has 0 aliphatic heterocycles. The summed E-state index contributed by atoms with van der Waals surface area (Å²) in [5.74, 6) is 0. The van der Waals surface area contributed by atoms with E-state index in [1.807, 2.05) is 0 Å². The first-order chi connectivity index (χ1) is 5.34. The average Bonchev–Trinajstić information content (AvgIpc) is 1.84. The third kappa shape index (κ3) is 5.49. The molecule has 0 aromatic carbocycles. The summed E-state index contributed by atoms with van der Waals surface area (Å²) >= 11 is 0. The quantitative estimate of drug-likeness (QED) is 0.659. The van der Waals surface area contributed by atoms with Crippen LogP contribution in [0.1, 0.15) is 19.8 Å². The van der Waals surface area contributed by atoms with Gasteiger partial charge in [0.05, 0.1) is 12.4 Å². The molecule has 0 bridgehead atoms. The van der Waals surface area contributed by atoms with Gasteiger partial charge in [-0.3, -0.25) is 0 Å². The monoisotopic (exact) mass is 197 g/mol. The van der Waals surface area contributed by atoms with Gasteiger partial charge in [0.1, 0.15) is 0 Å². The van der Waals surface area contributed by atoms with Gasteiger partial charge in [0.15, 0.2) is 0 Å². The molecule has 0 spiro atoms. The van der Waals surface area contributed by atoms with E-state index in [1.165, 1.54) is 18.3 Å². The van der Waals surface area contributed by atoms with Gasteiger partial charge in [0, 0.05) is 13.6 Å². The summed E-state index contributed by atoms with van der Waals surface area (Å²) in [4.78, 5) is 0. The highest BCUT2D eigenvalue weighted by molar-refractivity contribution is 7.88. The Kier molecular flexibility index (Phi) is 4.70. The van der Waals surface area contributed by atoms with Gasteiger partial charge >= 0.3 is 0 Å². The minimum atomic E-state index is -3.09. The van der Waals surface area contributed by atoms with Crippen molar-refractivity contribution in [2.24, 2.45) is 0 Å². The summed E-state index contributed by atoms with van der Waals surface area (Å²) in [5.41, 5.74) is 0. The normalized spacial score (nSPS) is 15.1. The van der Waals surface area contributed by atoms with Crippen molar-refractivity contribution < 1.29 is 12.8 Å². The van der Waals surface area contributed by atoms with Gasteiger partial charge in [0.25, 0.3) is 0 Å². The Labute approximate surface area is 73.6 Å². The maximum absolute atomic E-state index is 12.3. The van der Waals surface area contributed by atoms with Crippen molar-refractivity contribution in [2.45, 2.75) is 25.9 Å². The smallest absolute Gasteiger partial charge is 0.210 e. The van der Waals surface area contributed by atoms with Crippen molar-refractivity contribution >= 4 is 10.0 Å². The van der Waals surface area contributed by atoms with Crippen LogP contribution in [0.3, 0.4) is 0 Å². The maximum atomic E-state index is 12.3. The minimum absolute atomic E-state index is 0.396. The van der Waals surface area contributed by atoms with Crippen LogP contribution in [0.2, 0.25) is 0 Å². The maximum Gasteiger partial charge on any atom is 0.210 e. The Bertz CT molecular complexity index is 213. The lowest BCUT2D eigenvalue weighted by molar-refractivity contribution is 0.322. The summed E-state index contributed by atoms with van der Waals surface area (Å²) in [6, 6.07) is 0. The summed E-state index contributed by atoms with van der Waals surface area (Å²) in [7, 11) is -1.59. The Balaban J connectivity index is 3.66. The molecule has 0 aromatic heterocycles. The average molecular weight is 197 g/mol. The second-order valence-corrected chi connectivity index (χ2v) is 5.10. The first-order valence-corrected chi connectivity index (χ1v) is 5.74. The van der Waals surface area contributed by atoms with Crippen LogP contribution in [0.5, 0.6) is 0 Å². The van der Waals surface area contributed by atoms with Gasteiger partial charge in [-0.15, -0.1) is 0 Å². The second kappa shape index (κ2) is 4.77. The SMILES string of the molecule is C[C@@H](F)CCCN(C)S(C)(=O)=O. The number of hydrogen-bond donors (Lipinski definition) is 0. The van der Waals surface area contributed by atoms with Crippen molar-refractivity contribution in [1.29, 1.82) is 0 Å². The molecule has 3 nitrogen and oxygen atoms in total. The molecule has 0 unspecified atom stereocenters. The summed E-state index contributed by atoms with van der Waals surface area (Å²) < 4.78 is 35.2. The van der Waals surface area contributed by atoms with Crippen LogP contribution in [0, 0.1) is 0 Å². The molecule has 74 valence electrons. The zero-order chi connectivity index (χ0) is 9.78. The molecule has 0 saturated heterocycles. The molecule has 0 aromatic rings. The first-order valence-electron chi connectivity index (χ1n) is 3.89. The van der Waals surface area contributed by atoms with E-state index in [9.17, 15) is 12.8 Å². The molecular weight excluding hydrogens is 181 g/mol. The van der Waals surface area contributed by atoms with Crippen molar-refractivity contribution in [3.63, 3.8) is 0 Å². The van der Waals surface area contributed by atoms with Gasteiger partial charge < -0.3 is 0 Å². The zero-order valence-corrected chi connectivity index (χ0v) is 8.57. The molecule has 0 fully saturated rings. The molecule has 0 radical (unpaired) electrons. The molecule has 0 amide bonds. The van der Waals surface area contributed by atoms with E-state index >= 15 is 0 Å². The molecule has 0 aliphatic carbocycles. The summed E-state index contributed by atoms with van der Waals surface area (Å²) in [6.45, 7) is 1.87. The first kappa shape index (κ1) is 11.8. The summed E-state index contributed by atoms with van der Waals surface area (Å²) in [6.07, 6.45) is 1.28. The Morgan fingerprint density at radius 1 is 1.50 bits per heavy atom. The van der Waals surface area contributed by atoms with E-state index in [0.717, 1.165) is 6.26 Å². The van der Waals surface area contributed by atoms with E-state index in [1.54, 1.807) is 0 Å². The number of rotatable bonds is 5. The molecule has 0 aliphatic rings. The fourth-order valence-electron chi connectivity index (χ4n) is 0.761. The van der Waals surface area contributed by atoms with Crippen LogP contribution >= 0.6 is 0 Å². The summed E-state index contributed by atoms with van der Waals surface area (Å²) in [5, 5.41) is 0. The van der Waals surface area contributed by atoms with Crippen LogP contribution in [-0.2, 0) is 10.0 Å². The van der Waals surface area contributed by atoms with Crippen molar-refractivity contribution in [3.05, 3.63) is 0 Å². The van der Waals surface area contributed by atoms with Gasteiger partial charge in [-0.05, 0) is 19.8 Å². The van der Waals surface area contributed by atoms with E-state index in [-0.39, 0.29) is 0 Å². The highest BCUT2D eigenvalue weighted by Gasteiger charge is 2.10. The minimum Gasteiger partial charge on any atom is -0.248 e. The molecule has 12 heavy (non-hydrogen) atoms. The van der Waals surface area contributed by atoms with E-state index < -0.39 is 16.2 Å².